The van der Waals surface area contributed by atoms with Crippen molar-refractivity contribution in [2.75, 3.05) is 6.54 Å². The van der Waals surface area contributed by atoms with Gasteiger partial charge in [0.1, 0.15) is 0 Å². The van der Waals surface area contributed by atoms with E-state index >= 15 is 0 Å². The van der Waals surface area contributed by atoms with E-state index in [9.17, 15) is 5.11 Å². The minimum Gasteiger partial charge on any atom is -0.393 e. The quantitative estimate of drug-likeness (QED) is 0.701. The van der Waals surface area contributed by atoms with Crippen LogP contribution in [0.25, 0.3) is 0 Å². The van der Waals surface area contributed by atoms with Gasteiger partial charge in [0.25, 0.3) is 0 Å². The summed E-state index contributed by atoms with van der Waals surface area (Å²) in [5.74, 6) is 0.610. The van der Waals surface area contributed by atoms with Gasteiger partial charge in [0.2, 0.25) is 0 Å². The first kappa shape index (κ1) is 11.0. The molecule has 2 N–H and O–H groups in total. The second kappa shape index (κ2) is 5.61. The Hall–Kier alpha value is -0.0800. The Bertz CT molecular complexity index is 130. The Morgan fingerprint density at radius 1 is 1.38 bits per heavy atom. The fourth-order valence-corrected chi connectivity index (χ4v) is 2.09. The lowest BCUT2D eigenvalue weighted by Gasteiger charge is -2.26. The summed E-state index contributed by atoms with van der Waals surface area (Å²) in [6, 6.07) is 0.572. The van der Waals surface area contributed by atoms with Gasteiger partial charge < -0.3 is 10.4 Å². The average Bonchev–Trinajstić information content (AvgIpc) is 2.04. The molecule has 2 heteroatoms. The molecule has 13 heavy (non-hydrogen) atoms. The lowest BCUT2D eigenvalue weighted by atomic mass is 9.95. The highest BCUT2D eigenvalue weighted by atomic mass is 16.3. The van der Waals surface area contributed by atoms with Crippen LogP contribution in [0.5, 0.6) is 0 Å². The largest absolute Gasteiger partial charge is 0.393 e. The molecule has 2 nitrogen and oxygen atoms in total. The van der Waals surface area contributed by atoms with Crippen LogP contribution >= 0.6 is 0 Å². The zero-order valence-corrected chi connectivity index (χ0v) is 8.92. The van der Waals surface area contributed by atoms with Crippen molar-refractivity contribution >= 4 is 0 Å². The van der Waals surface area contributed by atoms with Crippen LogP contribution in [0.15, 0.2) is 0 Å². The molecule has 0 saturated carbocycles. The molecular formula is C11H23NO. The lowest BCUT2D eigenvalue weighted by Crippen LogP contribution is -2.36. The van der Waals surface area contributed by atoms with Crippen molar-refractivity contribution in [3.05, 3.63) is 0 Å². The van der Waals surface area contributed by atoms with E-state index in [2.05, 4.69) is 19.2 Å². The summed E-state index contributed by atoms with van der Waals surface area (Å²) in [6.45, 7) is 5.47. The first-order valence-corrected chi connectivity index (χ1v) is 5.60. The number of rotatable bonds is 4. The first-order valence-electron chi connectivity index (χ1n) is 5.60. The topological polar surface area (TPSA) is 32.3 Å². The molecule has 0 aliphatic carbocycles. The van der Waals surface area contributed by atoms with Crippen LogP contribution in [-0.2, 0) is 0 Å². The predicted molar refractivity (Wildman–Crippen MR) is 55.7 cm³/mol. The van der Waals surface area contributed by atoms with Crippen LogP contribution in [0.1, 0.15) is 46.0 Å². The highest BCUT2D eigenvalue weighted by molar-refractivity contribution is 4.75. The third-order valence-corrected chi connectivity index (χ3v) is 2.71. The maximum Gasteiger partial charge on any atom is 0.0557 e. The summed E-state index contributed by atoms with van der Waals surface area (Å²) in [5.41, 5.74) is 0. The number of nitrogens with one attached hydrogen (secondary N) is 1. The van der Waals surface area contributed by atoms with Crippen molar-refractivity contribution in [2.45, 2.75) is 58.1 Å². The van der Waals surface area contributed by atoms with E-state index in [0.29, 0.717) is 12.0 Å². The molecule has 1 fully saturated rings. The fourth-order valence-electron chi connectivity index (χ4n) is 2.09. The molecule has 2 atom stereocenters. The molecule has 1 aliphatic rings. The van der Waals surface area contributed by atoms with Gasteiger partial charge in [-0.1, -0.05) is 20.3 Å². The Labute approximate surface area is 81.7 Å². The molecule has 1 aliphatic heterocycles. The van der Waals surface area contributed by atoms with Gasteiger partial charge >= 0.3 is 0 Å². The third-order valence-electron chi connectivity index (χ3n) is 2.71. The Kier molecular flexibility index (Phi) is 4.74. The van der Waals surface area contributed by atoms with Gasteiger partial charge in [-0.05, 0) is 38.1 Å². The molecule has 0 spiro atoms. The van der Waals surface area contributed by atoms with Crippen molar-refractivity contribution in [3.8, 4) is 0 Å². The third kappa shape index (κ3) is 4.63. The molecule has 0 bridgehead atoms. The minimum atomic E-state index is -0.101. The van der Waals surface area contributed by atoms with E-state index in [1.807, 2.05) is 0 Å². The SMILES string of the molecule is CC(C)CC(O)CC1CCCCN1. The van der Waals surface area contributed by atoms with Gasteiger partial charge in [0, 0.05) is 6.04 Å². The Balaban J connectivity index is 2.14. The molecule has 0 aromatic heterocycles. The summed E-state index contributed by atoms with van der Waals surface area (Å²) < 4.78 is 0. The van der Waals surface area contributed by atoms with Gasteiger partial charge in [0.05, 0.1) is 6.10 Å². The van der Waals surface area contributed by atoms with Crippen LogP contribution in [0.4, 0.5) is 0 Å². The van der Waals surface area contributed by atoms with Gasteiger partial charge in [-0.3, -0.25) is 0 Å². The van der Waals surface area contributed by atoms with E-state index < -0.39 is 0 Å². The molecule has 0 aromatic rings. The second-order valence-corrected chi connectivity index (χ2v) is 4.67. The molecule has 0 aromatic carbocycles. The molecule has 2 unspecified atom stereocenters. The minimum absolute atomic E-state index is 0.101. The number of aliphatic hydroxyl groups excluding tert-OH is 1. The second-order valence-electron chi connectivity index (χ2n) is 4.67. The van der Waals surface area contributed by atoms with E-state index in [4.69, 9.17) is 0 Å². The summed E-state index contributed by atoms with van der Waals surface area (Å²) in [5, 5.41) is 13.2. The van der Waals surface area contributed by atoms with Crippen LogP contribution in [-0.4, -0.2) is 23.8 Å². The van der Waals surface area contributed by atoms with Crippen molar-refractivity contribution < 1.29 is 5.11 Å². The smallest absolute Gasteiger partial charge is 0.0557 e. The monoisotopic (exact) mass is 185 g/mol. The number of piperidine rings is 1. The highest BCUT2D eigenvalue weighted by Crippen LogP contribution is 2.15. The molecule has 0 radical (unpaired) electrons. The molecule has 1 heterocycles. The van der Waals surface area contributed by atoms with Gasteiger partial charge in [-0.25, -0.2) is 0 Å². The van der Waals surface area contributed by atoms with E-state index in [1.54, 1.807) is 0 Å². The molecule has 1 saturated heterocycles. The summed E-state index contributed by atoms with van der Waals surface area (Å²) in [4.78, 5) is 0. The van der Waals surface area contributed by atoms with Crippen LogP contribution < -0.4 is 5.32 Å². The number of aliphatic hydroxyl groups is 1. The van der Waals surface area contributed by atoms with Crippen LogP contribution in [0.2, 0.25) is 0 Å². The Morgan fingerprint density at radius 3 is 2.69 bits per heavy atom. The zero-order valence-electron chi connectivity index (χ0n) is 8.92. The van der Waals surface area contributed by atoms with Crippen molar-refractivity contribution in [1.29, 1.82) is 0 Å². The van der Waals surface area contributed by atoms with Gasteiger partial charge in [-0.2, -0.15) is 0 Å². The average molecular weight is 185 g/mol. The predicted octanol–water partition coefficient (Wildman–Crippen LogP) is 1.93. The van der Waals surface area contributed by atoms with E-state index in [0.717, 1.165) is 19.4 Å². The fraction of sp³-hybridized carbons (Fsp3) is 1.00. The van der Waals surface area contributed by atoms with Gasteiger partial charge in [-0.15, -0.1) is 0 Å². The standard InChI is InChI=1S/C11H23NO/c1-9(2)7-11(13)8-10-5-3-4-6-12-10/h9-13H,3-8H2,1-2H3. The normalized spacial score (nSPS) is 26.3. The van der Waals surface area contributed by atoms with Crippen LogP contribution in [0.3, 0.4) is 0 Å². The highest BCUT2D eigenvalue weighted by Gasteiger charge is 2.17. The van der Waals surface area contributed by atoms with Crippen LogP contribution in [0, 0.1) is 5.92 Å². The first-order chi connectivity index (χ1) is 6.18. The Morgan fingerprint density at radius 2 is 2.15 bits per heavy atom. The summed E-state index contributed by atoms with van der Waals surface area (Å²) >= 11 is 0. The maximum absolute atomic E-state index is 9.73. The van der Waals surface area contributed by atoms with E-state index in [-0.39, 0.29) is 6.10 Å². The molecule has 0 amide bonds. The zero-order chi connectivity index (χ0) is 9.68. The van der Waals surface area contributed by atoms with Gasteiger partial charge in [0.15, 0.2) is 0 Å². The molecule has 78 valence electrons. The maximum atomic E-state index is 9.73. The van der Waals surface area contributed by atoms with Crippen molar-refractivity contribution in [2.24, 2.45) is 5.92 Å². The number of hydrogen-bond acceptors (Lipinski definition) is 2. The molecular weight excluding hydrogens is 162 g/mol. The van der Waals surface area contributed by atoms with E-state index in [1.165, 1.54) is 19.3 Å². The summed E-state index contributed by atoms with van der Waals surface area (Å²) in [7, 11) is 0. The summed E-state index contributed by atoms with van der Waals surface area (Å²) in [6.07, 6.45) is 5.66. The lowest BCUT2D eigenvalue weighted by molar-refractivity contribution is 0.121. The van der Waals surface area contributed by atoms with Crippen molar-refractivity contribution in [3.63, 3.8) is 0 Å². The molecule has 1 rings (SSSR count). The number of hydrogen-bond donors (Lipinski definition) is 2. The van der Waals surface area contributed by atoms with Crippen molar-refractivity contribution in [1.82, 2.24) is 5.32 Å².